The van der Waals surface area contributed by atoms with Crippen LogP contribution in [0.1, 0.15) is 45.4 Å². The third-order valence-electron chi connectivity index (χ3n) is 3.36. The van der Waals surface area contributed by atoms with Crippen molar-refractivity contribution < 1.29 is 5.11 Å². The second-order valence-electron chi connectivity index (χ2n) is 4.72. The largest absolute Gasteiger partial charge is 0.396 e. The molecule has 1 fully saturated rings. The first-order chi connectivity index (χ1) is 7.24. The Morgan fingerprint density at radius 3 is 2.60 bits per heavy atom. The molecule has 15 heavy (non-hydrogen) atoms. The Morgan fingerprint density at radius 2 is 2.00 bits per heavy atom. The number of aliphatic hydroxyl groups is 1. The summed E-state index contributed by atoms with van der Waals surface area (Å²) in [6.45, 7) is 2.47. The zero-order valence-electron chi connectivity index (χ0n) is 9.82. The van der Waals surface area contributed by atoms with Crippen molar-refractivity contribution in [3.63, 3.8) is 0 Å². The highest BCUT2D eigenvalue weighted by Gasteiger charge is 2.20. The van der Waals surface area contributed by atoms with Gasteiger partial charge in [0, 0.05) is 23.7 Å². The van der Waals surface area contributed by atoms with Gasteiger partial charge in [-0.15, -0.1) is 0 Å². The van der Waals surface area contributed by atoms with Crippen molar-refractivity contribution in [1.29, 1.82) is 0 Å². The molecule has 2 atom stereocenters. The minimum atomic E-state index is 0.298. The molecule has 1 rings (SSSR count). The fraction of sp³-hybridized carbons (Fsp3) is 1.00. The van der Waals surface area contributed by atoms with Gasteiger partial charge in [-0.05, 0) is 25.2 Å². The van der Waals surface area contributed by atoms with Crippen LogP contribution in [0.3, 0.4) is 0 Å². The van der Waals surface area contributed by atoms with Gasteiger partial charge < -0.3 is 10.8 Å². The lowest BCUT2D eigenvalue weighted by Gasteiger charge is -2.27. The van der Waals surface area contributed by atoms with Gasteiger partial charge in [-0.25, -0.2) is 0 Å². The molecule has 1 aliphatic rings. The van der Waals surface area contributed by atoms with Crippen molar-refractivity contribution in [1.82, 2.24) is 0 Å². The monoisotopic (exact) mass is 231 g/mol. The second-order valence-corrected chi connectivity index (χ2v) is 6.19. The van der Waals surface area contributed by atoms with Crippen LogP contribution in [0, 0.1) is 5.92 Å². The summed E-state index contributed by atoms with van der Waals surface area (Å²) in [6.07, 6.45) is 7.69. The van der Waals surface area contributed by atoms with Crippen LogP contribution in [0.4, 0.5) is 0 Å². The number of thioether (sulfide) groups is 1. The lowest BCUT2D eigenvalue weighted by atomic mass is 9.85. The van der Waals surface area contributed by atoms with Crippen LogP contribution >= 0.6 is 11.8 Å². The summed E-state index contributed by atoms with van der Waals surface area (Å²) >= 11 is 1.92. The topological polar surface area (TPSA) is 46.2 Å². The maximum Gasteiger partial charge on any atom is 0.0441 e. The van der Waals surface area contributed by atoms with E-state index in [4.69, 9.17) is 10.8 Å². The zero-order valence-corrected chi connectivity index (χ0v) is 10.6. The first-order valence-corrected chi connectivity index (χ1v) is 7.27. The molecule has 2 unspecified atom stereocenters. The minimum Gasteiger partial charge on any atom is -0.396 e. The quantitative estimate of drug-likeness (QED) is 0.738. The van der Waals surface area contributed by atoms with Gasteiger partial charge in [0.15, 0.2) is 0 Å². The average Bonchev–Trinajstić information content (AvgIpc) is 2.27. The van der Waals surface area contributed by atoms with Crippen LogP contribution in [-0.2, 0) is 0 Å². The molecule has 0 aromatic rings. The van der Waals surface area contributed by atoms with E-state index in [2.05, 4.69) is 6.92 Å². The van der Waals surface area contributed by atoms with Crippen LogP contribution in [0.15, 0.2) is 0 Å². The van der Waals surface area contributed by atoms with Crippen LogP contribution in [0.25, 0.3) is 0 Å². The molecular formula is C12H25NOS. The first-order valence-electron chi connectivity index (χ1n) is 6.22. The van der Waals surface area contributed by atoms with E-state index >= 15 is 0 Å². The van der Waals surface area contributed by atoms with Gasteiger partial charge >= 0.3 is 0 Å². The third-order valence-corrected chi connectivity index (χ3v) is 4.75. The molecular weight excluding hydrogens is 206 g/mol. The van der Waals surface area contributed by atoms with E-state index < -0.39 is 0 Å². The summed E-state index contributed by atoms with van der Waals surface area (Å²) < 4.78 is 0. The zero-order chi connectivity index (χ0) is 11.1. The summed E-state index contributed by atoms with van der Waals surface area (Å²) in [6, 6.07) is 0.372. The standard InChI is InChI=1S/C12H25NOS/c1-10(7-8-14)15-9-12(13)11-5-3-2-4-6-11/h10-12,14H,2-9,13H2,1H3. The highest BCUT2D eigenvalue weighted by Crippen LogP contribution is 2.28. The van der Waals surface area contributed by atoms with Gasteiger partial charge in [0.1, 0.15) is 0 Å². The number of rotatable bonds is 6. The fourth-order valence-corrected chi connectivity index (χ4v) is 3.33. The Kier molecular flexibility index (Phi) is 6.69. The number of nitrogens with two attached hydrogens (primary N) is 1. The molecule has 3 N–H and O–H groups in total. The van der Waals surface area contributed by atoms with Gasteiger partial charge in [-0.3, -0.25) is 0 Å². The summed E-state index contributed by atoms with van der Waals surface area (Å²) in [4.78, 5) is 0. The molecule has 0 aliphatic heterocycles. The van der Waals surface area contributed by atoms with E-state index in [-0.39, 0.29) is 0 Å². The Labute approximate surface area is 98.0 Å². The first kappa shape index (κ1) is 13.3. The van der Waals surface area contributed by atoms with Crippen molar-refractivity contribution in [2.75, 3.05) is 12.4 Å². The summed E-state index contributed by atoms with van der Waals surface area (Å²) in [7, 11) is 0. The van der Waals surface area contributed by atoms with Crippen LogP contribution in [0.5, 0.6) is 0 Å². The Balaban J connectivity index is 2.13. The van der Waals surface area contributed by atoms with Crippen LogP contribution in [0.2, 0.25) is 0 Å². The van der Waals surface area contributed by atoms with Crippen molar-refractivity contribution in [2.45, 2.75) is 56.7 Å². The molecule has 0 saturated heterocycles. The van der Waals surface area contributed by atoms with Gasteiger partial charge in [0.25, 0.3) is 0 Å². The lowest BCUT2D eigenvalue weighted by molar-refractivity contribution is 0.288. The van der Waals surface area contributed by atoms with Crippen molar-refractivity contribution >= 4 is 11.8 Å². The SMILES string of the molecule is CC(CCO)SCC(N)C1CCCCC1. The van der Waals surface area contributed by atoms with Crippen molar-refractivity contribution in [3.05, 3.63) is 0 Å². The molecule has 1 saturated carbocycles. The van der Waals surface area contributed by atoms with E-state index in [9.17, 15) is 0 Å². The Hall–Kier alpha value is 0.270. The molecule has 0 aromatic heterocycles. The number of hydrogen-bond donors (Lipinski definition) is 2. The van der Waals surface area contributed by atoms with Crippen LogP contribution in [-0.4, -0.2) is 28.8 Å². The average molecular weight is 231 g/mol. The van der Waals surface area contributed by atoms with E-state index in [1.165, 1.54) is 32.1 Å². The molecule has 1 aliphatic carbocycles. The highest BCUT2D eigenvalue weighted by molar-refractivity contribution is 7.99. The van der Waals surface area contributed by atoms with Gasteiger partial charge in [0.05, 0.1) is 0 Å². The minimum absolute atomic E-state index is 0.298. The van der Waals surface area contributed by atoms with Crippen LogP contribution < -0.4 is 5.73 Å². The molecule has 0 aromatic carbocycles. The van der Waals surface area contributed by atoms with Gasteiger partial charge in [-0.1, -0.05) is 26.2 Å². The van der Waals surface area contributed by atoms with E-state index in [1.54, 1.807) is 0 Å². The summed E-state index contributed by atoms with van der Waals surface area (Å²) in [5.41, 5.74) is 6.21. The van der Waals surface area contributed by atoms with Gasteiger partial charge in [0.2, 0.25) is 0 Å². The molecule has 2 nitrogen and oxygen atoms in total. The molecule has 0 amide bonds. The molecule has 90 valence electrons. The fourth-order valence-electron chi connectivity index (χ4n) is 2.24. The van der Waals surface area contributed by atoms with Crippen molar-refractivity contribution in [3.8, 4) is 0 Å². The van der Waals surface area contributed by atoms with Crippen molar-refractivity contribution in [2.24, 2.45) is 11.7 Å². The third kappa shape index (κ3) is 5.23. The number of aliphatic hydroxyl groups excluding tert-OH is 1. The number of hydrogen-bond acceptors (Lipinski definition) is 3. The molecule has 3 heteroatoms. The van der Waals surface area contributed by atoms with E-state index in [0.717, 1.165) is 18.1 Å². The Bertz CT molecular complexity index is 160. The summed E-state index contributed by atoms with van der Waals surface area (Å²) in [5, 5.41) is 9.35. The van der Waals surface area contributed by atoms with Gasteiger partial charge in [-0.2, -0.15) is 11.8 Å². The highest BCUT2D eigenvalue weighted by atomic mass is 32.2. The van der Waals surface area contributed by atoms with E-state index in [1.807, 2.05) is 11.8 Å². The molecule has 0 radical (unpaired) electrons. The predicted molar refractivity (Wildman–Crippen MR) is 68.2 cm³/mol. The smallest absolute Gasteiger partial charge is 0.0441 e. The van der Waals surface area contributed by atoms with E-state index in [0.29, 0.717) is 17.9 Å². The maximum atomic E-state index is 8.81. The lowest BCUT2D eigenvalue weighted by Crippen LogP contribution is -2.34. The molecule has 0 heterocycles. The Morgan fingerprint density at radius 1 is 1.33 bits per heavy atom. The summed E-state index contributed by atoms with van der Waals surface area (Å²) in [5.74, 6) is 1.82. The predicted octanol–water partition coefficient (Wildman–Crippen LogP) is 2.40. The second kappa shape index (κ2) is 7.53. The normalized spacial score (nSPS) is 22.6. The molecule has 0 bridgehead atoms. The maximum absolute atomic E-state index is 8.81. The molecule has 0 spiro atoms.